The van der Waals surface area contributed by atoms with Crippen molar-refractivity contribution in [1.29, 1.82) is 5.26 Å². The van der Waals surface area contributed by atoms with E-state index in [1.54, 1.807) is 13.2 Å². The normalized spacial score (nSPS) is 13.1. The van der Waals surface area contributed by atoms with Gasteiger partial charge in [0.1, 0.15) is 5.75 Å². The van der Waals surface area contributed by atoms with E-state index in [-0.39, 0.29) is 0 Å². The quantitative estimate of drug-likeness (QED) is 0.808. The van der Waals surface area contributed by atoms with E-state index in [2.05, 4.69) is 11.2 Å². The van der Waals surface area contributed by atoms with Gasteiger partial charge < -0.3 is 4.74 Å². The molecule has 1 aromatic heterocycles. The minimum absolute atomic E-state index is 0.611. The highest BCUT2D eigenvalue weighted by molar-refractivity contribution is 5.73. The second-order valence-electron chi connectivity index (χ2n) is 4.36. The van der Waals surface area contributed by atoms with Gasteiger partial charge in [0.05, 0.1) is 24.9 Å². The first-order valence-corrected chi connectivity index (χ1v) is 5.96. The molecule has 3 rings (SSSR count). The fraction of sp³-hybridized carbons (Fsp3) is 0.286. The average Bonchev–Trinajstić information content (AvgIpc) is 3.00. The number of nitriles is 1. The Bertz CT molecular complexity index is 637. The van der Waals surface area contributed by atoms with E-state index in [1.165, 1.54) is 5.69 Å². The van der Waals surface area contributed by atoms with Crippen LogP contribution in [0.15, 0.2) is 24.4 Å². The van der Waals surface area contributed by atoms with Crippen LogP contribution in [0.25, 0.3) is 11.1 Å². The summed E-state index contributed by atoms with van der Waals surface area (Å²) >= 11 is 0. The lowest BCUT2D eigenvalue weighted by molar-refractivity contribution is 0.416. The lowest BCUT2D eigenvalue weighted by atomic mass is 10.0. The molecule has 0 fully saturated rings. The number of aryl methyl sites for hydroxylation is 1. The number of ether oxygens (including phenoxy) is 1. The maximum absolute atomic E-state index is 8.91. The topological polar surface area (TPSA) is 50.8 Å². The van der Waals surface area contributed by atoms with Crippen LogP contribution in [0, 0.1) is 11.3 Å². The van der Waals surface area contributed by atoms with Gasteiger partial charge >= 0.3 is 0 Å². The Morgan fingerprint density at radius 2 is 2.28 bits per heavy atom. The van der Waals surface area contributed by atoms with Crippen molar-refractivity contribution in [3.63, 3.8) is 0 Å². The first-order chi connectivity index (χ1) is 8.83. The molecule has 0 N–H and O–H groups in total. The fourth-order valence-corrected chi connectivity index (χ4v) is 2.47. The summed E-state index contributed by atoms with van der Waals surface area (Å²) in [5.74, 6) is 0.733. The van der Waals surface area contributed by atoms with Gasteiger partial charge in [0.25, 0.3) is 0 Å². The van der Waals surface area contributed by atoms with Crippen molar-refractivity contribution in [2.45, 2.75) is 19.4 Å². The Kier molecular flexibility index (Phi) is 2.52. The van der Waals surface area contributed by atoms with E-state index in [0.717, 1.165) is 36.3 Å². The SMILES string of the molecule is COc1cc(C#N)ccc1-c1cnn2c1CCC2. The van der Waals surface area contributed by atoms with Crippen LogP contribution in [0.3, 0.4) is 0 Å². The summed E-state index contributed by atoms with van der Waals surface area (Å²) in [5, 5.41) is 13.3. The standard InChI is InChI=1S/C14H13N3O/c1-18-14-7-10(8-15)4-5-11(14)12-9-16-17-6-2-3-13(12)17/h4-5,7,9H,2-3,6H2,1H3. The molecule has 0 spiro atoms. The van der Waals surface area contributed by atoms with E-state index in [4.69, 9.17) is 10.00 Å². The summed E-state index contributed by atoms with van der Waals surface area (Å²) in [5.41, 5.74) is 4.01. The highest BCUT2D eigenvalue weighted by atomic mass is 16.5. The van der Waals surface area contributed by atoms with Crippen molar-refractivity contribution < 1.29 is 4.74 Å². The van der Waals surface area contributed by atoms with E-state index in [0.29, 0.717) is 5.56 Å². The predicted octanol–water partition coefficient (Wildman–Crippen LogP) is 2.38. The molecule has 0 radical (unpaired) electrons. The minimum atomic E-state index is 0.611. The summed E-state index contributed by atoms with van der Waals surface area (Å²) in [6.07, 6.45) is 4.09. The number of benzene rings is 1. The molecule has 18 heavy (non-hydrogen) atoms. The second kappa shape index (κ2) is 4.19. The molecule has 1 aliphatic rings. The zero-order valence-electron chi connectivity index (χ0n) is 10.2. The molecule has 0 amide bonds. The molecule has 0 bridgehead atoms. The smallest absolute Gasteiger partial charge is 0.128 e. The van der Waals surface area contributed by atoms with Gasteiger partial charge in [-0.1, -0.05) is 0 Å². The molecule has 0 atom stereocenters. The molecule has 0 saturated heterocycles. The fourth-order valence-electron chi connectivity index (χ4n) is 2.47. The van der Waals surface area contributed by atoms with E-state index in [1.807, 2.05) is 23.0 Å². The number of hydrogen-bond donors (Lipinski definition) is 0. The van der Waals surface area contributed by atoms with E-state index < -0.39 is 0 Å². The Hall–Kier alpha value is -2.28. The molecule has 4 heteroatoms. The molecule has 0 saturated carbocycles. The summed E-state index contributed by atoms with van der Waals surface area (Å²) in [7, 11) is 1.63. The van der Waals surface area contributed by atoms with Crippen LogP contribution in [-0.2, 0) is 13.0 Å². The van der Waals surface area contributed by atoms with Gasteiger partial charge in [-0.25, -0.2) is 0 Å². The first kappa shape index (κ1) is 10.8. The first-order valence-electron chi connectivity index (χ1n) is 5.96. The number of aromatic nitrogens is 2. The maximum Gasteiger partial charge on any atom is 0.128 e. The lowest BCUT2D eigenvalue weighted by Gasteiger charge is -2.08. The van der Waals surface area contributed by atoms with Crippen molar-refractivity contribution in [1.82, 2.24) is 9.78 Å². The zero-order valence-corrected chi connectivity index (χ0v) is 10.2. The van der Waals surface area contributed by atoms with Crippen LogP contribution in [-0.4, -0.2) is 16.9 Å². The summed E-state index contributed by atoms with van der Waals surface area (Å²) in [4.78, 5) is 0. The van der Waals surface area contributed by atoms with Gasteiger partial charge in [-0.3, -0.25) is 4.68 Å². The molecular weight excluding hydrogens is 226 g/mol. The molecule has 1 aliphatic heterocycles. The lowest BCUT2D eigenvalue weighted by Crippen LogP contribution is -1.94. The molecule has 2 heterocycles. The van der Waals surface area contributed by atoms with Gasteiger partial charge in [0, 0.05) is 23.4 Å². The van der Waals surface area contributed by atoms with Gasteiger partial charge in [0.15, 0.2) is 0 Å². The van der Waals surface area contributed by atoms with E-state index in [9.17, 15) is 0 Å². The highest BCUT2D eigenvalue weighted by Gasteiger charge is 2.19. The third kappa shape index (κ3) is 1.56. The molecule has 1 aromatic carbocycles. The third-order valence-corrected chi connectivity index (χ3v) is 3.35. The van der Waals surface area contributed by atoms with Crippen LogP contribution in [0.2, 0.25) is 0 Å². The van der Waals surface area contributed by atoms with Gasteiger partial charge in [-0.2, -0.15) is 10.4 Å². The van der Waals surface area contributed by atoms with Crippen molar-refractivity contribution >= 4 is 0 Å². The van der Waals surface area contributed by atoms with Gasteiger partial charge in [-0.05, 0) is 31.0 Å². The molecule has 90 valence electrons. The number of nitrogens with zero attached hydrogens (tertiary/aromatic N) is 3. The van der Waals surface area contributed by atoms with Crippen molar-refractivity contribution in [3.8, 4) is 22.9 Å². The van der Waals surface area contributed by atoms with Crippen LogP contribution < -0.4 is 4.74 Å². The molecule has 2 aromatic rings. The monoisotopic (exact) mass is 239 g/mol. The number of fused-ring (bicyclic) bond motifs is 1. The molecular formula is C14H13N3O. The maximum atomic E-state index is 8.91. The Morgan fingerprint density at radius 1 is 1.39 bits per heavy atom. The van der Waals surface area contributed by atoms with Gasteiger partial charge in [0.2, 0.25) is 0 Å². The number of methoxy groups -OCH3 is 1. The summed E-state index contributed by atoms with van der Waals surface area (Å²) in [6, 6.07) is 7.65. The largest absolute Gasteiger partial charge is 0.496 e. The van der Waals surface area contributed by atoms with Crippen LogP contribution in [0.5, 0.6) is 5.75 Å². The molecule has 0 unspecified atom stereocenters. The number of hydrogen-bond acceptors (Lipinski definition) is 3. The van der Waals surface area contributed by atoms with Crippen LogP contribution in [0.4, 0.5) is 0 Å². The minimum Gasteiger partial charge on any atom is -0.496 e. The predicted molar refractivity (Wildman–Crippen MR) is 67.3 cm³/mol. The summed E-state index contributed by atoms with van der Waals surface area (Å²) in [6.45, 7) is 0.994. The second-order valence-corrected chi connectivity index (χ2v) is 4.36. The zero-order chi connectivity index (χ0) is 12.5. The van der Waals surface area contributed by atoms with Crippen molar-refractivity contribution in [2.75, 3.05) is 7.11 Å². The van der Waals surface area contributed by atoms with E-state index >= 15 is 0 Å². The summed E-state index contributed by atoms with van der Waals surface area (Å²) < 4.78 is 7.43. The average molecular weight is 239 g/mol. The molecule has 0 aliphatic carbocycles. The van der Waals surface area contributed by atoms with Crippen molar-refractivity contribution in [2.24, 2.45) is 0 Å². The highest BCUT2D eigenvalue weighted by Crippen LogP contribution is 2.35. The van der Waals surface area contributed by atoms with Crippen molar-refractivity contribution in [3.05, 3.63) is 35.7 Å². The third-order valence-electron chi connectivity index (χ3n) is 3.35. The molecule has 4 nitrogen and oxygen atoms in total. The Morgan fingerprint density at radius 3 is 3.06 bits per heavy atom. The van der Waals surface area contributed by atoms with Gasteiger partial charge in [-0.15, -0.1) is 0 Å². The Balaban J connectivity index is 2.14. The number of rotatable bonds is 2. The van der Waals surface area contributed by atoms with Crippen LogP contribution in [0.1, 0.15) is 17.7 Å². The van der Waals surface area contributed by atoms with Crippen LogP contribution >= 0.6 is 0 Å². The Labute approximate surface area is 105 Å².